The zero-order valence-electron chi connectivity index (χ0n) is 15.2. The maximum atomic E-state index is 7.45. The second-order valence-corrected chi connectivity index (χ2v) is 7.11. The molecule has 5 nitrogen and oxygen atoms in total. The molecule has 3 rings (SSSR count). The van der Waals surface area contributed by atoms with Crippen LogP contribution in [0, 0.1) is 13.5 Å². The molecule has 0 unspecified atom stereocenters. The van der Waals surface area contributed by atoms with E-state index in [0.717, 1.165) is 22.5 Å². The monoisotopic (exact) mass is 331 g/mol. The van der Waals surface area contributed by atoms with Crippen LogP contribution in [0.2, 0.25) is 0 Å². The Bertz CT molecular complexity index is 970. The van der Waals surface area contributed by atoms with E-state index in [2.05, 4.69) is 35.7 Å². The van der Waals surface area contributed by atoms with E-state index >= 15 is 0 Å². The highest BCUT2D eigenvalue weighted by molar-refractivity contribution is 5.79. The number of rotatable bonds is 2. The summed E-state index contributed by atoms with van der Waals surface area (Å²) in [7, 11) is 1.85. The molecule has 25 heavy (non-hydrogen) atoms. The van der Waals surface area contributed by atoms with Crippen molar-refractivity contribution in [2.75, 3.05) is 0 Å². The summed E-state index contributed by atoms with van der Waals surface area (Å²) in [4.78, 5) is 12.8. The summed E-state index contributed by atoms with van der Waals surface area (Å²) in [5, 5.41) is 4.50. The second kappa shape index (κ2) is 6.14. The number of hydrogen-bond acceptors (Lipinski definition) is 3. The van der Waals surface area contributed by atoms with Crippen LogP contribution in [0.5, 0.6) is 0 Å². The fraction of sp³-hybridized carbons (Fsp3) is 0.300. The van der Waals surface area contributed by atoms with Crippen molar-refractivity contribution in [3.63, 3.8) is 0 Å². The Morgan fingerprint density at radius 1 is 1.12 bits per heavy atom. The molecular formula is C20H21N5. The average molecular weight is 331 g/mol. The maximum Gasteiger partial charge on any atom is 0.234 e. The van der Waals surface area contributed by atoms with Gasteiger partial charge in [-0.1, -0.05) is 39.0 Å². The molecule has 126 valence electrons. The summed E-state index contributed by atoms with van der Waals surface area (Å²) in [6.45, 7) is 15.8. The predicted molar refractivity (Wildman–Crippen MR) is 99.4 cm³/mol. The van der Waals surface area contributed by atoms with Crippen LogP contribution in [0.15, 0.2) is 36.5 Å². The van der Waals surface area contributed by atoms with Crippen LogP contribution in [-0.2, 0) is 12.5 Å². The minimum Gasteiger partial charge on any atom is -0.284 e. The number of nitrogens with zero attached hydrogens (tertiary/aromatic N) is 5. The molecule has 0 saturated carbocycles. The number of hydrogen-bond donors (Lipinski definition) is 0. The number of aromatic nitrogens is 4. The molecule has 0 saturated heterocycles. The molecule has 0 amide bonds. The molecule has 0 aliphatic rings. The van der Waals surface area contributed by atoms with Crippen LogP contribution < -0.4 is 0 Å². The molecule has 0 N–H and O–H groups in total. The van der Waals surface area contributed by atoms with Gasteiger partial charge in [-0.25, -0.2) is 14.8 Å². The third kappa shape index (κ3) is 3.16. The van der Waals surface area contributed by atoms with Crippen molar-refractivity contribution in [3.8, 4) is 22.6 Å². The number of aryl methyl sites for hydroxylation is 1. The summed E-state index contributed by atoms with van der Waals surface area (Å²) in [6, 6.07) is 9.85. The standard InChI is InChI=1S/C20H21N5/c1-13-17(21-5)18(24-25(13)6)14-8-7-9-15(12-14)19-22-11-10-16(23-19)20(2,3)4/h7-12H,1-4,6H3. The first-order valence-electron chi connectivity index (χ1n) is 8.16. The smallest absolute Gasteiger partial charge is 0.234 e. The fourth-order valence-electron chi connectivity index (χ4n) is 2.65. The quantitative estimate of drug-likeness (QED) is 0.639. The fourth-order valence-corrected chi connectivity index (χ4v) is 2.65. The van der Waals surface area contributed by atoms with Gasteiger partial charge in [0, 0.05) is 35.6 Å². The van der Waals surface area contributed by atoms with Crippen LogP contribution in [-0.4, -0.2) is 19.7 Å². The van der Waals surface area contributed by atoms with Crippen LogP contribution in [0.1, 0.15) is 32.2 Å². The van der Waals surface area contributed by atoms with Crippen molar-refractivity contribution in [1.82, 2.24) is 19.7 Å². The van der Waals surface area contributed by atoms with Crippen molar-refractivity contribution in [1.29, 1.82) is 0 Å². The zero-order valence-corrected chi connectivity index (χ0v) is 15.2. The first-order valence-corrected chi connectivity index (χ1v) is 8.16. The van der Waals surface area contributed by atoms with Gasteiger partial charge in [0.1, 0.15) is 0 Å². The van der Waals surface area contributed by atoms with E-state index < -0.39 is 0 Å². The second-order valence-electron chi connectivity index (χ2n) is 7.11. The predicted octanol–water partition coefficient (Wildman–Crippen LogP) is 4.70. The van der Waals surface area contributed by atoms with E-state index in [-0.39, 0.29) is 5.41 Å². The van der Waals surface area contributed by atoms with Crippen molar-refractivity contribution in [2.45, 2.75) is 33.1 Å². The SMILES string of the molecule is [C-]#[N+]c1c(-c2cccc(-c3nccc(C(C)(C)C)n3)c2)nn(C)c1C. The van der Waals surface area contributed by atoms with Crippen molar-refractivity contribution in [2.24, 2.45) is 7.05 Å². The van der Waals surface area contributed by atoms with E-state index in [1.165, 1.54) is 0 Å². The lowest BCUT2D eigenvalue weighted by Crippen LogP contribution is -2.14. The largest absolute Gasteiger partial charge is 0.284 e. The van der Waals surface area contributed by atoms with E-state index in [9.17, 15) is 0 Å². The van der Waals surface area contributed by atoms with E-state index in [1.54, 1.807) is 10.9 Å². The van der Waals surface area contributed by atoms with Gasteiger partial charge in [0.25, 0.3) is 0 Å². The Morgan fingerprint density at radius 3 is 2.52 bits per heavy atom. The summed E-state index contributed by atoms with van der Waals surface area (Å²) < 4.78 is 1.74. The maximum absolute atomic E-state index is 7.45. The zero-order chi connectivity index (χ0) is 18.2. The van der Waals surface area contributed by atoms with Crippen molar-refractivity contribution >= 4 is 5.69 Å². The normalized spacial score (nSPS) is 11.4. The Hall–Kier alpha value is -3.00. The van der Waals surface area contributed by atoms with E-state index in [0.29, 0.717) is 17.2 Å². The molecule has 0 radical (unpaired) electrons. The van der Waals surface area contributed by atoms with Gasteiger partial charge in [-0.05, 0) is 24.6 Å². The summed E-state index contributed by atoms with van der Waals surface area (Å²) in [5.41, 5.74) is 4.93. The Balaban J connectivity index is 2.10. The molecule has 0 bridgehead atoms. The van der Waals surface area contributed by atoms with Crippen LogP contribution in [0.3, 0.4) is 0 Å². The van der Waals surface area contributed by atoms with Gasteiger partial charge < -0.3 is 0 Å². The molecular weight excluding hydrogens is 310 g/mol. The molecule has 0 atom stereocenters. The van der Waals surface area contributed by atoms with Gasteiger partial charge in [-0.3, -0.25) is 4.68 Å². The van der Waals surface area contributed by atoms with Gasteiger partial charge in [0.05, 0.1) is 12.3 Å². The number of benzene rings is 1. The Labute approximate surface area is 148 Å². The molecule has 0 aliphatic carbocycles. The summed E-state index contributed by atoms with van der Waals surface area (Å²) in [6.07, 6.45) is 1.80. The highest BCUT2D eigenvalue weighted by Crippen LogP contribution is 2.34. The lowest BCUT2D eigenvalue weighted by molar-refractivity contribution is 0.568. The summed E-state index contributed by atoms with van der Waals surface area (Å²) in [5.74, 6) is 0.686. The third-order valence-electron chi connectivity index (χ3n) is 4.23. The molecule has 2 heterocycles. The van der Waals surface area contributed by atoms with E-state index in [4.69, 9.17) is 11.6 Å². The van der Waals surface area contributed by atoms with Crippen LogP contribution in [0.25, 0.3) is 27.5 Å². The van der Waals surface area contributed by atoms with Crippen molar-refractivity contribution < 1.29 is 0 Å². The molecule has 3 aromatic rings. The molecule has 0 fully saturated rings. The van der Waals surface area contributed by atoms with Gasteiger partial charge in [-0.15, -0.1) is 0 Å². The molecule has 0 spiro atoms. The van der Waals surface area contributed by atoms with Gasteiger partial charge in [-0.2, -0.15) is 5.10 Å². The van der Waals surface area contributed by atoms with E-state index in [1.807, 2.05) is 44.3 Å². The Kier molecular flexibility index (Phi) is 4.13. The highest BCUT2D eigenvalue weighted by Gasteiger charge is 2.18. The minimum atomic E-state index is -0.0370. The molecule has 2 aromatic heterocycles. The minimum absolute atomic E-state index is 0.0370. The lowest BCUT2D eigenvalue weighted by Gasteiger charge is -2.17. The molecule has 0 aliphatic heterocycles. The van der Waals surface area contributed by atoms with Crippen LogP contribution in [0.4, 0.5) is 5.69 Å². The third-order valence-corrected chi connectivity index (χ3v) is 4.23. The lowest BCUT2D eigenvalue weighted by atomic mass is 9.92. The first kappa shape index (κ1) is 16.8. The topological polar surface area (TPSA) is 48.0 Å². The van der Waals surface area contributed by atoms with Crippen LogP contribution >= 0.6 is 0 Å². The average Bonchev–Trinajstić information content (AvgIpc) is 2.89. The Morgan fingerprint density at radius 2 is 1.84 bits per heavy atom. The molecule has 5 heteroatoms. The molecule has 1 aromatic carbocycles. The highest BCUT2D eigenvalue weighted by atomic mass is 15.3. The first-order chi connectivity index (χ1) is 11.8. The van der Waals surface area contributed by atoms with Gasteiger partial charge in [0.15, 0.2) is 5.82 Å². The summed E-state index contributed by atoms with van der Waals surface area (Å²) >= 11 is 0. The van der Waals surface area contributed by atoms with Crippen molar-refractivity contribution in [3.05, 3.63) is 59.3 Å². The van der Waals surface area contributed by atoms with Gasteiger partial charge in [0.2, 0.25) is 5.69 Å². The van der Waals surface area contributed by atoms with Gasteiger partial charge >= 0.3 is 0 Å².